The molecule has 3 nitrogen and oxygen atoms in total. The minimum absolute atomic E-state index is 0.00643. The van der Waals surface area contributed by atoms with Gasteiger partial charge in [-0.2, -0.15) is 0 Å². The van der Waals surface area contributed by atoms with Gasteiger partial charge in [0.15, 0.2) is 0 Å². The molecular weight excluding hydrogens is 395 g/mol. The number of halogens is 3. The summed E-state index contributed by atoms with van der Waals surface area (Å²) in [7, 11) is 0. The number of hydrogen-bond donors (Lipinski definition) is 2. The molecule has 2 fully saturated rings. The van der Waals surface area contributed by atoms with Crippen LogP contribution in [0.3, 0.4) is 0 Å². The predicted molar refractivity (Wildman–Crippen MR) is 104 cm³/mol. The molecule has 6 atom stereocenters. The third kappa shape index (κ3) is 3.14. The Morgan fingerprint density at radius 1 is 1.19 bits per heavy atom. The number of phenolic OH excluding ortho intramolecular Hbond substituents is 1. The summed E-state index contributed by atoms with van der Waals surface area (Å²) in [5.74, 6) is 2.08. The van der Waals surface area contributed by atoms with Gasteiger partial charge < -0.3 is 14.9 Å². The fraction of sp³-hybridized carbons (Fsp3) is 0.700. The Hall–Kier alpha value is -0.190. The summed E-state index contributed by atoms with van der Waals surface area (Å²) in [5.41, 5.74) is 2.71. The van der Waals surface area contributed by atoms with Gasteiger partial charge in [-0.25, -0.2) is 0 Å². The summed E-state index contributed by atoms with van der Waals surface area (Å²) in [6.45, 7) is 2.28. The molecule has 26 heavy (non-hydrogen) atoms. The molecule has 0 unspecified atom stereocenters. The maximum absolute atomic E-state index is 10.1. The monoisotopic (exact) mass is 418 g/mol. The van der Waals surface area contributed by atoms with Crippen LogP contribution in [-0.2, 0) is 11.2 Å². The molecule has 3 aliphatic carbocycles. The Bertz CT molecular complexity index is 689. The van der Waals surface area contributed by atoms with Crippen molar-refractivity contribution in [3.63, 3.8) is 0 Å². The van der Waals surface area contributed by atoms with Gasteiger partial charge in [-0.1, -0.05) is 47.8 Å². The van der Waals surface area contributed by atoms with Crippen molar-refractivity contribution in [2.24, 2.45) is 17.3 Å². The van der Waals surface area contributed by atoms with Gasteiger partial charge in [-0.15, -0.1) is 0 Å². The fourth-order valence-corrected chi connectivity index (χ4v) is 6.13. The minimum atomic E-state index is -1.82. The van der Waals surface area contributed by atoms with Gasteiger partial charge in [0.25, 0.3) is 0 Å². The van der Waals surface area contributed by atoms with Crippen molar-refractivity contribution < 1.29 is 14.9 Å². The van der Waals surface area contributed by atoms with Crippen LogP contribution >= 0.6 is 34.8 Å². The number of alkyl halides is 3. The molecule has 0 bridgehead atoms. The lowest BCUT2D eigenvalue weighted by Gasteiger charge is -2.51. The topological polar surface area (TPSA) is 49.7 Å². The number of aryl methyl sites for hydroxylation is 1. The summed E-state index contributed by atoms with van der Waals surface area (Å²) >= 11 is 17.4. The molecule has 3 aliphatic rings. The van der Waals surface area contributed by atoms with Crippen LogP contribution in [0.15, 0.2) is 18.2 Å². The quantitative estimate of drug-likeness (QED) is 0.503. The summed E-state index contributed by atoms with van der Waals surface area (Å²) in [6.07, 6.45) is 4.78. The van der Waals surface area contributed by atoms with E-state index in [9.17, 15) is 10.2 Å². The number of rotatable bonds is 2. The Morgan fingerprint density at radius 2 is 1.96 bits per heavy atom. The largest absolute Gasteiger partial charge is 0.508 e. The second kappa shape index (κ2) is 6.70. The van der Waals surface area contributed by atoms with E-state index in [0.29, 0.717) is 23.5 Å². The van der Waals surface area contributed by atoms with E-state index in [4.69, 9.17) is 39.5 Å². The number of fused-ring (bicyclic) bond motifs is 5. The molecular formula is C20H25Cl3O3. The molecule has 2 N–H and O–H groups in total. The Kier molecular flexibility index (Phi) is 4.93. The van der Waals surface area contributed by atoms with E-state index >= 15 is 0 Å². The van der Waals surface area contributed by atoms with Gasteiger partial charge in [0, 0.05) is 0 Å². The lowest BCUT2D eigenvalue weighted by atomic mass is 9.55. The van der Waals surface area contributed by atoms with Crippen molar-refractivity contribution >= 4 is 34.8 Å². The highest BCUT2D eigenvalue weighted by Gasteiger charge is 2.56. The van der Waals surface area contributed by atoms with E-state index in [1.165, 1.54) is 11.1 Å². The summed E-state index contributed by atoms with van der Waals surface area (Å²) < 4.78 is 4.02. The van der Waals surface area contributed by atoms with E-state index in [-0.39, 0.29) is 11.5 Å². The molecule has 4 rings (SSSR count). The maximum Gasteiger partial charge on any atom is 0.240 e. The Morgan fingerprint density at radius 3 is 2.69 bits per heavy atom. The standard InChI is InChI=1S/C20H25Cl3O3/c1-19-9-8-14-13-5-3-12(24)10-11(13)2-4-15(14)16(19)6-7-17(19)26-18(25)20(21,22)23/h3,5,10,14-18,24-25H,2,4,6-9H2,1H3/t14-,15+,16+,17+,18+,19+/m1/s1. The number of ether oxygens (including phenoxy) is 1. The average molecular weight is 420 g/mol. The van der Waals surface area contributed by atoms with E-state index < -0.39 is 10.1 Å². The van der Waals surface area contributed by atoms with Crippen LogP contribution in [0, 0.1) is 17.3 Å². The summed E-state index contributed by atoms with van der Waals surface area (Å²) in [6, 6.07) is 5.85. The molecule has 2 saturated carbocycles. The van der Waals surface area contributed by atoms with Crippen molar-refractivity contribution in [2.45, 2.75) is 67.6 Å². The molecule has 0 spiro atoms. The second-order valence-electron chi connectivity index (χ2n) is 8.44. The predicted octanol–water partition coefficient (Wildman–Crippen LogP) is 5.32. The van der Waals surface area contributed by atoms with Crippen LogP contribution in [0.2, 0.25) is 0 Å². The first kappa shape index (κ1) is 19.1. The number of aromatic hydroxyl groups is 1. The van der Waals surface area contributed by atoms with Gasteiger partial charge in [0.2, 0.25) is 10.1 Å². The number of phenols is 1. The molecule has 0 aromatic heterocycles. The minimum Gasteiger partial charge on any atom is -0.508 e. The highest BCUT2D eigenvalue weighted by atomic mass is 35.6. The number of aliphatic hydroxyl groups excluding tert-OH is 1. The molecule has 0 aliphatic heterocycles. The van der Waals surface area contributed by atoms with Crippen molar-refractivity contribution in [2.75, 3.05) is 0 Å². The first-order valence-electron chi connectivity index (χ1n) is 9.42. The molecule has 0 saturated heterocycles. The van der Waals surface area contributed by atoms with Crippen LogP contribution in [0.5, 0.6) is 5.75 Å². The zero-order chi connectivity index (χ0) is 18.7. The number of aliphatic hydroxyl groups is 1. The third-order valence-electron chi connectivity index (χ3n) is 7.20. The Labute approximate surface area is 169 Å². The van der Waals surface area contributed by atoms with Crippen LogP contribution in [-0.4, -0.2) is 26.4 Å². The van der Waals surface area contributed by atoms with Crippen molar-refractivity contribution in [3.05, 3.63) is 29.3 Å². The second-order valence-corrected chi connectivity index (χ2v) is 10.8. The fourth-order valence-electron chi connectivity index (χ4n) is 5.98. The normalized spacial score (nSPS) is 37.6. The van der Waals surface area contributed by atoms with Crippen LogP contribution in [0.1, 0.15) is 56.1 Å². The third-order valence-corrected chi connectivity index (χ3v) is 7.76. The van der Waals surface area contributed by atoms with E-state index in [1.807, 2.05) is 12.1 Å². The van der Waals surface area contributed by atoms with E-state index in [2.05, 4.69) is 13.0 Å². The molecule has 0 radical (unpaired) electrons. The molecule has 0 heterocycles. The van der Waals surface area contributed by atoms with Crippen molar-refractivity contribution in [1.82, 2.24) is 0 Å². The number of hydrogen-bond acceptors (Lipinski definition) is 3. The highest BCUT2D eigenvalue weighted by Crippen LogP contribution is 2.62. The van der Waals surface area contributed by atoms with Crippen LogP contribution in [0.4, 0.5) is 0 Å². The molecule has 6 heteroatoms. The lowest BCUT2D eigenvalue weighted by molar-refractivity contribution is -0.171. The van der Waals surface area contributed by atoms with Crippen molar-refractivity contribution in [3.8, 4) is 5.75 Å². The highest BCUT2D eigenvalue weighted by molar-refractivity contribution is 6.67. The van der Waals surface area contributed by atoms with Crippen LogP contribution < -0.4 is 0 Å². The van der Waals surface area contributed by atoms with Crippen molar-refractivity contribution in [1.29, 1.82) is 0 Å². The smallest absolute Gasteiger partial charge is 0.240 e. The van der Waals surface area contributed by atoms with Gasteiger partial charge in [-0.05, 0) is 85.0 Å². The maximum atomic E-state index is 10.1. The zero-order valence-corrected chi connectivity index (χ0v) is 17.1. The van der Waals surface area contributed by atoms with Gasteiger partial charge in [-0.3, -0.25) is 0 Å². The molecule has 144 valence electrons. The van der Waals surface area contributed by atoms with E-state index in [1.54, 1.807) is 0 Å². The molecule has 0 amide bonds. The zero-order valence-electron chi connectivity index (χ0n) is 14.8. The summed E-state index contributed by atoms with van der Waals surface area (Å²) in [4.78, 5) is 0. The summed E-state index contributed by atoms with van der Waals surface area (Å²) in [5, 5.41) is 19.9. The SMILES string of the molecule is C[C@]12CC[C@@H]3c4ccc(O)cc4CC[C@@H]3[C@@H]1CC[C@@H]2O[C@H](O)C(Cl)(Cl)Cl. The molecule has 1 aromatic carbocycles. The van der Waals surface area contributed by atoms with Gasteiger partial charge in [0.05, 0.1) is 6.10 Å². The van der Waals surface area contributed by atoms with Gasteiger partial charge >= 0.3 is 0 Å². The lowest BCUT2D eigenvalue weighted by Crippen LogP contribution is -2.46. The molecule has 1 aromatic rings. The van der Waals surface area contributed by atoms with Gasteiger partial charge in [0.1, 0.15) is 5.75 Å². The van der Waals surface area contributed by atoms with Crippen LogP contribution in [0.25, 0.3) is 0 Å². The van der Waals surface area contributed by atoms with E-state index in [0.717, 1.165) is 38.5 Å². The Balaban J connectivity index is 1.56. The average Bonchev–Trinajstić information content (AvgIpc) is 2.90. The first-order chi connectivity index (χ1) is 12.2. The number of benzene rings is 1. The first-order valence-corrected chi connectivity index (χ1v) is 10.6.